The second-order valence-corrected chi connectivity index (χ2v) is 7.33. The van der Waals surface area contributed by atoms with Crippen molar-refractivity contribution in [2.24, 2.45) is 5.92 Å². The van der Waals surface area contributed by atoms with Gasteiger partial charge in [-0.25, -0.2) is 4.98 Å². The lowest BCUT2D eigenvalue weighted by Crippen LogP contribution is -2.18. The Morgan fingerprint density at radius 2 is 2.28 bits per heavy atom. The molecule has 6 heteroatoms. The van der Waals surface area contributed by atoms with E-state index >= 15 is 0 Å². The molecule has 0 radical (unpaired) electrons. The van der Waals surface area contributed by atoms with Crippen LogP contribution in [-0.2, 0) is 16.0 Å². The van der Waals surface area contributed by atoms with E-state index in [4.69, 9.17) is 0 Å². The highest BCUT2D eigenvalue weighted by Gasteiger charge is 2.17. The Bertz CT molecular complexity index is 856. The molecule has 5 nitrogen and oxygen atoms in total. The molecule has 2 aromatic rings. The predicted molar refractivity (Wildman–Crippen MR) is 99.6 cm³/mol. The van der Waals surface area contributed by atoms with Gasteiger partial charge in [-0.2, -0.15) is 0 Å². The summed E-state index contributed by atoms with van der Waals surface area (Å²) in [6.07, 6.45) is 8.17. The number of aromatic nitrogens is 1. The Hall–Kier alpha value is -2.47. The van der Waals surface area contributed by atoms with Crippen molar-refractivity contribution in [3.05, 3.63) is 41.3 Å². The van der Waals surface area contributed by atoms with Gasteiger partial charge in [-0.15, -0.1) is 11.3 Å². The van der Waals surface area contributed by atoms with Gasteiger partial charge in [0.15, 0.2) is 5.13 Å². The molecule has 0 bridgehead atoms. The zero-order chi connectivity index (χ0) is 17.2. The van der Waals surface area contributed by atoms with Crippen LogP contribution in [0.25, 0.3) is 11.3 Å². The van der Waals surface area contributed by atoms with E-state index < -0.39 is 0 Å². The highest BCUT2D eigenvalue weighted by atomic mass is 32.1. The van der Waals surface area contributed by atoms with E-state index in [1.165, 1.54) is 11.3 Å². The maximum atomic E-state index is 12.1. The molecular formula is C19H19N3O2S. The summed E-state index contributed by atoms with van der Waals surface area (Å²) >= 11 is 1.44. The first kappa shape index (κ1) is 16.0. The Morgan fingerprint density at radius 1 is 1.36 bits per heavy atom. The minimum absolute atomic E-state index is 0.0191. The van der Waals surface area contributed by atoms with Crippen molar-refractivity contribution in [2.45, 2.75) is 32.1 Å². The molecule has 1 aliphatic heterocycles. The molecule has 128 valence electrons. The average molecular weight is 353 g/mol. The molecule has 1 aliphatic carbocycles. The molecule has 2 heterocycles. The first-order chi connectivity index (χ1) is 12.2. The quantitative estimate of drug-likeness (QED) is 0.817. The maximum Gasteiger partial charge on any atom is 0.226 e. The van der Waals surface area contributed by atoms with E-state index in [2.05, 4.69) is 33.8 Å². The first-order valence-corrected chi connectivity index (χ1v) is 9.40. The molecule has 1 atom stereocenters. The summed E-state index contributed by atoms with van der Waals surface area (Å²) in [7, 11) is 0. The molecule has 0 spiro atoms. The van der Waals surface area contributed by atoms with Crippen LogP contribution in [0, 0.1) is 5.92 Å². The minimum atomic E-state index is 0.0191. The van der Waals surface area contributed by atoms with Crippen LogP contribution in [0.5, 0.6) is 0 Å². The lowest BCUT2D eigenvalue weighted by atomic mass is 9.99. The van der Waals surface area contributed by atoms with Gasteiger partial charge in [0.1, 0.15) is 0 Å². The smallest absolute Gasteiger partial charge is 0.226 e. The molecule has 0 fully saturated rings. The Labute approximate surface area is 150 Å². The van der Waals surface area contributed by atoms with Gasteiger partial charge in [-0.1, -0.05) is 18.2 Å². The second kappa shape index (κ2) is 6.80. The van der Waals surface area contributed by atoms with Crippen LogP contribution in [0.1, 0.15) is 31.2 Å². The van der Waals surface area contributed by atoms with E-state index in [1.54, 1.807) is 0 Å². The van der Waals surface area contributed by atoms with Gasteiger partial charge >= 0.3 is 0 Å². The molecule has 1 aromatic carbocycles. The van der Waals surface area contributed by atoms with Gasteiger partial charge in [-0.05, 0) is 42.9 Å². The number of allylic oxidation sites excluding steroid dienone is 2. The molecule has 2 aliphatic rings. The van der Waals surface area contributed by atoms with Crippen LogP contribution in [0.3, 0.4) is 0 Å². The lowest BCUT2D eigenvalue weighted by Gasteiger charge is -2.17. The zero-order valence-corrected chi connectivity index (χ0v) is 14.6. The van der Waals surface area contributed by atoms with E-state index in [1.807, 2.05) is 17.5 Å². The molecule has 4 rings (SSSR count). The first-order valence-electron chi connectivity index (χ1n) is 8.52. The molecule has 0 saturated heterocycles. The minimum Gasteiger partial charge on any atom is -0.326 e. The average Bonchev–Trinajstić information content (AvgIpc) is 3.26. The van der Waals surface area contributed by atoms with Crippen molar-refractivity contribution in [1.29, 1.82) is 0 Å². The number of thiazole rings is 1. The third kappa shape index (κ3) is 3.64. The fraction of sp³-hybridized carbons (Fsp3) is 0.316. The van der Waals surface area contributed by atoms with Crippen LogP contribution in [0.15, 0.2) is 35.7 Å². The van der Waals surface area contributed by atoms with Gasteiger partial charge in [0, 0.05) is 29.5 Å². The summed E-state index contributed by atoms with van der Waals surface area (Å²) in [6, 6.07) is 5.94. The van der Waals surface area contributed by atoms with Crippen molar-refractivity contribution < 1.29 is 9.59 Å². The summed E-state index contributed by atoms with van der Waals surface area (Å²) in [5, 5.41) is 8.37. The fourth-order valence-corrected chi connectivity index (χ4v) is 4.02. The SMILES string of the molecule is O=C(CC1C=CCC1)Nc1nc(-c2ccc3c(c2)CCC(=O)N3)cs1. The third-order valence-electron chi connectivity index (χ3n) is 4.61. The molecular weight excluding hydrogens is 334 g/mol. The van der Waals surface area contributed by atoms with E-state index in [0.29, 0.717) is 23.9 Å². The maximum absolute atomic E-state index is 12.1. The number of anilines is 2. The van der Waals surface area contributed by atoms with Crippen molar-refractivity contribution in [3.8, 4) is 11.3 Å². The number of hydrogen-bond donors (Lipinski definition) is 2. The predicted octanol–water partition coefficient (Wildman–Crippen LogP) is 3.99. The Balaban J connectivity index is 1.45. The number of nitrogens with one attached hydrogen (secondary N) is 2. The highest BCUT2D eigenvalue weighted by molar-refractivity contribution is 7.14. The third-order valence-corrected chi connectivity index (χ3v) is 5.36. The highest BCUT2D eigenvalue weighted by Crippen LogP contribution is 2.31. The van der Waals surface area contributed by atoms with Gasteiger partial charge in [0.05, 0.1) is 5.69 Å². The molecule has 1 unspecified atom stereocenters. The summed E-state index contributed by atoms with van der Waals surface area (Å²) in [6.45, 7) is 0. The van der Waals surface area contributed by atoms with E-state index in [-0.39, 0.29) is 11.8 Å². The Kier molecular flexibility index (Phi) is 4.36. The number of fused-ring (bicyclic) bond motifs is 1. The van der Waals surface area contributed by atoms with Gasteiger partial charge in [0.2, 0.25) is 11.8 Å². The zero-order valence-electron chi connectivity index (χ0n) is 13.7. The van der Waals surface area contributed by atoms with Crippen LogP contribution in [-0.4, -0.2) is 16.8 Å². The second-order valence-electron chi connectivity index (χ2n) is 6.48. The number of carbonyl (C=O) groups is 2. The summed E-state index contributed by atoms with van der Waals surface area (Å²) in [4.78, 5) is 28.1. The van der Waals surface area contributed by atoms with Crippen LogP contribution in [0.4, 0.5) is 10.8 Å². The monoisotopic (exact) mass is 353 g/mol. The lowest BCUT2D eigenvalue weighted by molar-refractivity contribution is -0.117. The van der Waals surface area contributed by atoms with Crippen molar-refractivity contribution in [1.82, 2.24) is 4.98 Å². The normalized spacial score (nSPS) is 18.7. The van der Waals surface area contributed by atoms with E-state index in [0.717, 1.165) is 41.8 Å². The van der Waals surface area contributed by atoms with Crippen LogP contribution < -0.4 is 10.6 Å². The number of aryl methyl sites for hydroxylation is 1. The molecule has 2 N–H and O–H groups in total. The van der Waals surface area contributed by atoms with Gasteiger partial charge < -0.3 is 10.6 Å². The number of rotatable bonds is 4. The summed E-state index contributed by atoms with van der Waals surface area (Å²) in [5.41, 5.74) is 3.86. The number of benzene rings is 1. The fourth-order valence-electron chi connectivity index (χ4n) is 3.28. The van der Waals surface area contributed by atoms with Crippen LogP contribution >= 0.6 is 11.3 Å². The number of amides is 2. The topological polar surface area (TPSA) is 71.1 Å². The summed E-state index contributed by atoms with van der Waals surface area (Å²) < 4.78 is 0. The molecule has 2 amide bonds. The van der Waals surface area contributed by atoms with Crippen molar-refractivity contribution in [3.63, 3.8) is 0 Å². The Morgan fingerprint density at radius 3 is 3.12 bits per heavy atom. The number of nitrogens with zero attached hydrogens (tertiary/aromatic N) is 1. The molecule has 1 aromatic heterocycles. The molecule has 25 heavy (non-hydrogen) atoms. The molecule has 0 saturated carbocycles. The standard InChI is InChI=1S/C19H19N3O2S/c23-17-8-6-13-10-14(5-7-15(13)20-17)16-11-25-19(21-16)22-18(24)9-12-3-1-2-4-12/h1,3,5,7,10-12H,2,4,6,8-9H2,(H,20,23)(H,21,22,24). The van der Waals surface area contributed by atoms with Crippen LogP contribution in [0.2, 0.25) is 0 Å². The van der Waals surface area contributed by atoms with Gasteiger partial charge in [0.25, 0.3) is 0 Å². The van der Waals surface area contributed by atoms with Crippen molar-refractivity contribution in [2.75, 3.05) is 10.6 Å². The van der Waals surface area contributed by atoms with Gasteiger partial charge in [-0.3, -0.25) is 9.59 Å². The largest absolute Gasteiger partial charge is 0.326 e. The number of hydrogen-bond acceptors (Lipinski definition) is 4. The van der Waals surface area contributed by atoms with Crippen molar-refractivity contribution >= 4 is 34.0 Å². The van der Waals surface area contributed by atoms with E-state index in [9.17, 15) is 9.59 Å². The number of carbonyl (C=O) groups excluding carboxylic acids is 2. The summed E-state index contributed by atoms with van der Waals surface area (Å²) in [5.74, 6) is 0.442.